The van der Waals surface area contributed by atoms with E-state index in [2.05, 4.69) is 133 Å². The summed E-state index contributed by atoms with van der Waals surface area (Å²) in [6.45, 7) is 0. The lowest BCUT2D eigenvalue weighted by molar-refractivity contribution is 0.669. The van der Waals surface area contributed by atoms with Gasteiger partial charge in [-0.1, -0.05) is 146 Å². The molecule has 0 amide bonds. The standard InChI is InChI=1S/C48H28N2O/c1-2-11-32(12-3-1)48-49-41-28-33(24-27-38(41)47(50-48)40-17-9-19-43-46(40)39-15-6-7-18-42(39)51-43)35-16-8-13-30-20-21-31-23-25-36-34-14-5-4-10-29(34)22-26-37(36)45(31)44(30)35/h1-28H. The Morgan fingerprint density at radius 3 is 1.94 bits per heavy atom. The van der Waals surface area contributed by atoms with E-state index in [9.17, 15) is 0 Å². The normalized spacial score (nSPS) is 11.9. The maximum Gasteiger partial charge on any atom is 0.160 e. The van der Waals surface area contributed by atoms with Crippen LogP contribution >= 0.6 is 0 Å². The van der Waals surface area contributed by atoms with Crippen LogP contribution in [0.2, 0.25) is 0 Å². The minimum Gasteiger partial charge on any atom is -0.456 e. The Morgan fingerprint density at radius 1 is 0.353 bits per heavy atom. The van der Waals surface area contributed by atoms with Crippen LogP contribution in [0.3, 0.4) is 0 Å². The van der Waals surface area contributed by atoms with Crippen LogP contribution in [0.1, 0.15) is 0 Å². The maximum absolute atomic E-state index is 6.31. The first kappa shape index (κ1) is 28.0. The topological polar surface area (TPSA) is 38.9 Å². The Labute approximate surface area is 293 Å². The lowest BCUT2D eigenvalue weighted by atomic mass is 9.89. The van der Waals surface area contributed by atoms with E-state index in [4.69, 9.17) is 14.4 Å². The van der Waals surface area contributed by atoms with Crippen molar-refractivity contribution in [1.29, 1.82) is 0 Å². The van der Waals surface area contributed by atoms with E-state index < -0.39 is 0 Å². The zero-order valence-corrected chi connectivity index (χ0v) is 27.5. The van der Waals surface area contributed by atoms with Gasteiger partial charge in [0.05, 0.1) is 11.2 Å². The van der Waals surface area contributed by atoms with Crippen LogP contribution in [0.15, 0.2) is 174 Å². The molecular weight excluding hydrogens is 621 g/mol. The number of fused-ring (bicyclic) bond motifs is 11. The van der Waals surface area contributed by atoms with Crippen LogP contribution < -0.4 is 0 Å². The minimum atomic E-state index is 0.696. The smallest absolute Gasteiger partial charge is 0.160 e. The molecule has 51 heavy (non-hydrogen) atoms. The Morgan fingerprint density at radius 2 is 1.02 bits per heavy atom. The summed E-state index contributed by atoms with van der Waals surface area (Å²) < 4.78 is 6.31. The number of furan rings is 1. The van der Waals surface area contributed by atoms with E-state index in [-0.39, 0.29) is 0 Å². The minimum absolute atomic E-state index is 0.696. The van der Waals surface area contributed by atoms with Crippen molar-refractivity contribution in [2.45, 2.75) is 0 Å². The second kappa shape index (κ2) is 10.8. The average Bonchev–Trinajstić information content (AvgIpc) is 3.59. The molecule has 0 saturated carbocycles. The van der Waals surface area contributed by atoms with E-state index in [1.165, 1.54) is 48.7 Å². The number of hydrogen-bond acceptors (Lipinski definition) is 3. The van der Waals surface area contributed by atoms with Crippen molar-refractivity contribution in [1.82, 2.24) is 9.97 Å². The van der Waals surface area contributed by atoms with Gasteiger partial charge >= 0.3 is 0 Å². The molecule has 11 rings (SSSR count). The lowest BCUT2D eigenvalue weighted by Gasteiger charge is -2.15. The number of benzene rings is 9. The molecule has 0 fully saturated rings. The van der Waals surface area contributed by atoms with Gasteiger partial charge in [0.15, 0.2) is 5.82 Å². The van der Waals surface area contributed by atoms with Gasteiger partial charge in [-0.25, -0.2) is 9.97 Å². The van der Waals surface area contributed by atoms with E-state index in [0.29, 0.717) is 5.82 Å². The van der Waals surface area contributed by atoms with E-state index in [1.807, 2.05) is 36.4 Å². The predicted octanol–water partition coefficient (Wildman–Crippen LogP) is 13.1. The molecule has 0 aliphatic carbocycles. The van der Waals surface area contributed by atoms with Crippen molar-refractivity contribution in [3.05, 3.63) is 170 Å². The Kier molecular flexibility index (Phi) is 5.96. The molecule has 0 bridgehead atoms. The highest BCUT2D eigenvalue weighted by Gasteiger charge is 2.19. The van der Waals surface area contributed by atoms with Gasteiger partial charge in [0.1, 0.15) is 11.2 Å². The largest absolute Gasteiger partial charge is 0.456 e. The second-order valence-corrected chi connectivity index (χ2v) is 13.3. The quantitative estimate of drug-likeness (QED) is 0.179. The molecule has 2 heterocycles. The van der Waals surface area contributed by atoms with Gasteiger partial charge in [0.2, 0.25) is 0 Å². The first-order valence-electron chi connectivity index (χ1n) is 17.3. The summed E-state index contributed by atoms with van der Waals surface area (Å²) in [7, 11) is 0. The van der Waals surface area contributed by atoms with Crippen LogP contribution in [-0.4, -0.2) is 9.97 Å². The summed E-state index contributed by atoms with van der Waals surface area (Å²) >= 11 is 0. The van der Waals surface area contributed by atoms with E-state index >= 15 is 0 Å². The summed E-state index contributed by atoms with van der Waals surface area (Å²) in [5, 5.41) is 13.2. The Hall–Kier alpha value is -6.84. The molecule has 0 atom stereocenters. The van der Waals surface area contributed by atoms with Crippen molar-refractivity contribution >= 4 is 75.9 Å². The molecule has 0 unspecified atom stereocenters. The van der Waals surface area contributed by atoms with Crippen molar-refractivity contribution in [3.63, 3.8) is 0 Å². The van der Waals surface area contributed by atoms with Gasteiger partial charge in [-0.05, 0) is 78.5 Å². The predicted molar refractivity (Wildman–Crippen MR) is 213 cm³/mol. The fraction of sp³-hybridized carbons (Fsp3) is 0. The molecule has 0 spiro atoms. The number of aromatic nitrogens is 2. The molecule has 236 valence electrons. The van der Waals surface area contributed by atoms with Crippen molar-refractivity contribution in [3.8, 4) is 33.8 Å². The molecule has 0 aliphatic heterocycles. The first-order valence-corrected chi connectivity index (χ1v) is 17.3. The van der Waals surface area contributed by atoms with E-state index in [1.54, 1.807) is 0 Å². The lowest BCUT2D eigenvalue weighted by Crippen LogP contribution is -1.96. The van der Waals surface area contributed by atoms with Gasteiger partial charge in [-0.15, -0.1) is 0 Å². The number of rotatable bonds is 3. The SMILES string of the molecule is c1ccc(-c2nc(-c3cccc4oc5ccccc5c34)c3ccc(-c4cccc5ccc6ccc7c8ccccc8ccc7c6c45)cc3n2)cc1. The van der Waals surface area contributed by atoms with Crippen LogP contribution in [0.5, 0.6) is 0 Å². The molecule has 0 aliphatic rings. The summed E-state index contributed by atoms with van der Waals surface area (Å²) in [5.41, 5.74) is 7.82. The summed E-state index contributed by atoms with van der Waals surface area (Å²) in [4.78, 5) is 10.5. The number of nitrogens with zero attached hydrogens (tertiary/aromatic N) is 2. The van der Waals surface area contributed by atoms with Crippen LogP contribution in [0.4, 0.5) is 0 Å². The fourth-order valence-corrected chi connectivity index (χ4v) is 8.12. The molecule has 0 saturated heterocycles. The molecule has 3 heteroatoms. The van der Waals surface area contributed by atoms with Gasteiger partial charge < -0.3 is 4.42 Å². The summed E-state index contributed by atoms with van der Waals surface area (Å²) in [6, 6.07) is 60.3. The van der Waals surface area contributed by atoms with Crippen molar-refractivity contribution < 1.29 is 4.42 Å². The maximum atomic E-state index is 6.31. The first-order chi connectivity index (χ1) is 25.3. The Bertz CT molecular complexity index is 3190. The zero-order valence-electron chi connectivity index (χ0n) is 27.5. The highest BCUT2D eigenvalue weighted by atomic mass is 16.3. The monoisotopic (exact) mass is 648 g/mol. The second-order valence-electron chi connectivity index (χ2n) is 13.3. The summed E-state index contributed by atoms with van der Waals surface area (Å²) in [6.07, 6.45) is 0. The molecule has 0 radical (unpaired) electrons. The molecule has 0 N–H and O–H groups in total. The number of para-hydroxylation sites is 1. The van der Waals surface area contributed by atoms with Gasteiger partial charge in [0.25, 0.3) is 0 Å². The van der Waals surface area contributed by atoms with E-state index in [0.717, 1.165) is 55.2 Å². The molecule has 3 nitrogen and oxygen atoms in total. The third-order valence-electron chi connectivity index (χ3n) is 10.4. The highest BCUT2D eigenvalue weighted by Crippen LogP contribution is 2.42. The van der Waals surface area contributed by atoms with Gasteiger partial charge in [-0.3, -0.25) is 0 Å². The fourth-order valence-electron chi connectivity index (χ4n) is 8.12. The molecule has 11 aromatic rings. The third kappa shape index (κ3) is 4.25. The van der Waals surface area contributed by atoms with Crippen molar-refractivity contribution in [2.24, 2.45) is 0 Å². The van der Waals surface area contributed by atoms with Gasteiger partial charge in [0, 0.05) is 27.3 Å². The zero-order chi connectivity index (χ0) is 33.5. The highest BCUT2D eigenvalue weighted by molar-refractivity contribution is 6.27. The summed E-state index contributed by atoms with van der Waals surface area (Å²) in [5.74, 6) is 0.696. The Balaban J connectivity index is 1.21. The average molecular weight is 649 g/mol. The number of hydrogen-bond donors (Lipinski definition) is 0. The molecule has 9 aromatic carbocycles. The van der Waals surface area contributed by atoms with Crippen molar-refractivity contribution in [2.75, 3.05) is 0 Å². The van der Waals surface area contributed by atoms with Crippen LogP contribution in [0.25, 0.3) is 110 Å². The van der Waals surface area contributed by atoms with Crippen LogP contribution in [0, 0.1) is 0 Å². The van der Waals surface area contributed by atoms with Gasteiger partial charge in [-0.2, -0.15) is 0 Å². The molecular formula is C48H28N2O. The van der Waals surface area contributed by atoms with Crippen LogP contribution in [-0.2, 0) is 0 Å². The third-order valence-corrected chi connectivity index (χ3v) is 10.4. The molecule has 2 aromatic heterocycles.